The molecule has 2 rings (SSSR count). The highest BCUT2D eigenvalue weighted by atomic mass is 16.6. The van der Waals surface area contributed by atoms with Crippen LogP contribution in [0.25, 0.3) is 0 Å². The smallest absolute Gasteiger partial charge is 0.311 e. The fourth-order valence-corrected chi connectivity index (χ4v) is 1.45. The van der Waals surface area contributed by atoms with E-state index in [9.17, 15) is 10.1 Å². The van der Waals surface area contributed by atoms with Crippen molar-refractivity contribution in [2.75, 3.05) is 5.32 Å². The molecule has 0 unspecified atom stereocenters. The van der Waals surface area contributed by atoms with Gasteiger partial charge in [0.25, 0.3) is 0 Å². The molecule has 94 valence electrons. The minimum Gasteiger partial charge on any atom is -0.357 e. The van der Waals surface area contributed by atoms with Crippen molar-refractivity contribution in [3.63, 3.8) is 0 Å². The molecule has 1 N–H and O–H groups in total. The van der Waals surface area contributed by atoms with E-state index >= 15 is 0 Å². The number of nitrogens with zero attached hydrogens (tertiary/aromatic N) is 5. The van der Waals surface area contributed by atoms with E-state index in [2.05, 4.69) is 20.4 Å². The van der Waals surface area contributed by atoms with Crippen molar-refractivity contribution < 1.29 is 4.92 Å². The molecular formula is C10H12N6O2. The van der Waals surface area contributed by atoms with Gasteiger partial charge in [-0.1, -0.05) is 0 Å². The van der Waals surface area contributed by atoms with Crippen LogP contribution in [0, 0.1) is 17.0 Å². The molecule has 0 saturated heterocycles. The van der Waals surface area contributed by atoms with E-state index in [0.717, 1.165) is 0 Å². The number of aromatic nitrogens is 4. The van der Waals surface area contributed by atoms with Crippen molar-refractivity contribution in [2.45, 2.75) is 13.5 Å². The summed E-state index contributed by atoms with van der Waals surface area (Å²) in [6.45, 7) is 2.06. The van der Waals surface area contributed by atoms with E-state index in [1.807, 2.05) is 0 Å². The Hall–Kier alpha value is -2.51. The lowest BCUT2D eigenvalue weighted by atomic mass is 10.3. The molecule has 2 aromatic heterocycles. The average molecular weight is 248 g/mol. The maximum Gasteiger partial charge on any atom is 0.311 e. The van der Waals surface area contributed by atoms with Crippen molar-refractivity contribution in [3.05, 3.63) is 40.1 Å². The summed E-state index contributed by atoms with van der Waals surface area (Å²) in [6, 6.07) is 3.03. The third-order valence-corrected chi connectivity index (χ3v) is 2.27. The van der Waals surface area contributed by atoms with Gasteiger partial charge in [-0.15, -0.1) is 0 Å². The molecule has 0 aromatic carbocycles. The van der Waals surface area contributed by atoms with Gasteiger partial charge in [-0.05, 0) is 13.0 Å². The van der Waals surface area contributed by atoms with Crippen molar-refractivity contribution >= 4 is 11.5 Å². The summed E-state index contributed by atoms with van der Waals surface area (Å²) < 4.78 is 1.56. The summed E-state index contributed by atoms with van der Waals surface area (Å²) in [5, 5.41) is 17.8. The van der Waals surface area contributed by atoms with Gasteiger partial charge in [-0.3, -0.25) is 14.8 Å². The molecule has 0 radical (unpaired) electrons. The van der Waals surface area contributed by atoms with Gasteiger partial charge in [-0.2, -0.15) is 5.10 Å². The number of nitro groups is 1. The van der Waals surface area contributed by atoms with Gasteiger partial charge < -0.3 is 5.32 Å². The van der Waals surface area contributed by atoms with Crippen LogP contribution in [0.15, 0.2) is 18.5 Å². The van der Waals surface area contributed by atoms with Gasteiger partial charge in [0.15, 0.2) is 5.82 Å². The molecule has 0 aliphatic heterocycles. The fraction of sp³-hybridized carbons (Fsp3) is 0.300. The number of nitrogens with one attached hydrogen (secondary N) is 1. The predicted molar refractivity (Wildman–Crippen MR) is 64.0 cm³/mol. The molecule has 8 heteroatoms. The summed E-state index contributed by atoms with van der Waals surface area (Å²) >= 11 is 0. The second-order valence-electron chi connectivity index (χ2n) is 3.77. The Kier molecular flexibility index (Phi) is 3.18. The van der Waals surface area contributed by atoms with Gasteiger partial charge >= 0.3 is 5.69 Å². The number of hydrogen-bond acceptors (Lipinski definition) is 6. The minimum absolute atomic E-state index is 0.0588. The number of aryl methyl sites for hydroxylation is 2. The summed E-state index contributed by atoms with van der Waals surface area (Å²) in [4.78, 5) is 18.5. The molecular weight excluding hydrogens is 236 g/mol. The quantitative estimate of drug-likeness (QED) is 0.641. The first kappa shape index (κ1) is 12.0. The highest BCUT2D eigenvalue weighted by Crippen LogP contribution is 2.22. The molecule has 0 bridgehead atoms. The lowest BCUT2D eigenvalue weighted by Gasteiger charge is -2.04. The Morgan fingerprint density at radius 1 is 1.50 bits per heavy atom. The van der Waals surface area contributed by atoms with E-state index < -0.39 is 4.92 Å². The molecule has 2 heterocycles. The van der Waals surface area contributed by atoms with Crippen molar-refractivity contribution in [1.82, 2.24) is 19.7 Å². The average Bonchev–Trinajstić information content (AvgIpc) is 2.72. The number of hydrogen-bond donors (Lipinski definition) is 1. The zero-order chi connectivity index (χ0) is 13.1. The molecule has 0 spiro atoms. The standard InChI is InChI=1S/C10H12N6O2/c1-7-3-4-8(16(17)18)10(13-7)11-5-9-12-6-15(2)14-9/h3-4,6H,5H2,1-2H3,(H,11,13). The van der Waals surface area contributed by atoms with Crippen molar-refractivity contribution in [2.24, 2.45) is 7.05 Å². The van der Waals surface area contributed by atoms with Crippen LogP contribution in [0.3, 0.4) is 0 Å². The topological polar surface area (TPSA) is 98.8 Å². The minimum atomic E-state index is -0.472. The van der Waals surface area contributed by atoms with Crippen LogP contribution in [-0.2, 0) is 13.6 Å². The first-order chi connectivity index (χ1) is 8.56. The second-order valence-corrected chi connectivity index (χ2v) is 3.77. The molecule has 0 atom stereocenters. The Labute approximate surface area is 103 Å². The van der Waals surface area contributed by atoms with Gasteiger partial charge in [-0.25, -0.2) is 9.97 Å². The van der Waals surface area contributed by atoms with E-state index in [4.69, 9.17) is 0 Å². The van der Waals surface area contributed by atoms with E-state index in [1.54, 1.807) is 31.0 Å². The fourth-order valence-electron chi connectivity index (χ4n) is 1.45. The zero-order valence-electron chi connectivity index (χ0n) is 9.99. The number of anilines is 1. The van der Waals surface area contributed by atoms with Crippen LogP contribution >= 0.6 is 0 Å². The first-order valence-corrected chi connectivity index (χ1v) is 5.26. The normalized spacial score (nSPS) is 10.3. The van der Waals surface area contributed by atoms with E-state index in [1.165, 1.54) is 6.07 Å². The predicted octanol–water partition coefficient (Wildman–Crippen LogP) is 1.04. The maximum atomic E-state index is 10.8. The third-order valence-electron chi connectivity index (χ3n) is 2.27. The highest BCUT2D eigenvalue weighted by Gasteiger charge is 2.15. The molecule has 0 aliphatic rings. The molecule has 0 fully saturated rings. The van der Waals surface area contributed by atoms with Crippen LogP contribution in [0.2, 0.25) is 0 Å². The molecule has 0 amide bonds. The monoisotopic (exact) mass is 248 g/mol. The Morgan fingerprint density at radius 3 is 2.89 bits per heavy atom. The maximum absolute atomic E-state index is 10.8. The van der Waals surface area contributed by atoms with Gasteiger partial charge in [0.05, 0.1) is 11.5 Å². The molecule has 0 aliphatic carbocycles. The van der Waals surface area contributed by atoms with E-state index in [0.29, 0.717) is 11.5 Å². The molecule has 2 aromatic rings. The van der Waals surface area contributed by atoms with Gasteiger partial charge in [0.1, 0.15) is 6.33 Å². The van der Waals surface area contributed by atoms with Gasteiger partial charge in [0, 0.05) is 18.8 Å². The van der Waals surface area contributed by atoms with Crippen LogP contribution in [0.1, 0.15) is 11.5 Å². The van der Waals surface area contributed by atoms with Crippen LogP contribution in [0.4, 0.5) is 11.5 Å². The SMILES string of the molecule is Cc1ccc([N+](=O)[O-])c(NCc2ncn(C)n2)n1. The highest BCUT2D eigenvalue weighted by molar-refractivity contribution is 5.55. The number of pyridine rings is 1. The van der Waals surface area contributed by atoms with Gasteiger partial charge in [0.2, 0.25) is 5.82 Å². The van der Waals surface area contributed by atoms with Crippen LogP contribution in [0.5, 0.6) is 0 Å². The first-order valence-electron chi connectivity index (χ1n) is 5.26. The second kappa shape index (κ2) is 4.78. The van der Waals surface area contributed by atoms with E-state index in [-0.39, 0.29) is 18.1 Å². The summed E-state index contributed by atoms with van der Waals surface area (Å²) in [7, 11) is 1.75. The van der Waals surface area contributed by atoms with Crippen molar-refractivity contribution in [1.29, 1.82) is 0 Å². The van der Waals surface area contributed by atoms with Crippen molar-refractivity contribution in [3.8, 4) is 0 Å². The Morgan fingerprint density at radius 2 is 2.28 bits per heavy atom. The lowest BCUT2D eigenvalue weighted by Crippen LogP contribution is -2.07. The third kappa shape index (κ3) is 2.59. The largest absolute Gasteiger partial charge is 0.357 e. The molecule has 8 nitrogen and oxygen atoms in total. The summed E-state index contributed by atoms with van der Waals surface area (Å²) in [5.41, 5.74) is 0.647. The lowest BCUT2D eigenvalue weighted by molar-refractivity contribution is -0.384. The van der Waals surface area contributed by atoms with Crippen LogP contribution < -0.4 is 5.32 Å². The zero-order valence-corrected chi connectivity index (χ0v) is 9.99. The Balaban J connectivity index is 2.17. The Bertz CT molecular complexity index is 579. The summed E-state index contributed by atoms with van der Waals surface area (Å²) in [5.74, 6) is 0.780. The summed E-state index contributed by atoms with van der Waals surface area (Å²) in [6.07, 6.45) is 1.56. The van der Waals surface area contributed by atoms with Crippen LogP contribution in [-0.4, -0.2) is 24.7 Å². The molecule has 0 saturated carbocycles. The molecule has 18 heavy (non-hydrogen) atoms. The number of rotatable bonds is 4.